The number of carbonyl (C=O) groups excluding carboxylic acids is 3. The van der Waals surface area contributed by atoms with Crippen molar-refractivity contribution in [3.05, 3.63) is 59.3 Å². The summed E-state index contributed by atoms with van der Waals surface area (Å²) in [6.45, 7) is 0.812. The van der Waals surface area contributed by atoms with E-state index < -0.39 is 0 Å². The minimum Gasteiger partial charge on any atom is -0.497 e. The highest BCUT2D eigenvalue weighted by Gasteiger charge is 2.26. The molecule has 0 spiro atoms. The first-order valence-corrected chi connectivity index (χ1v) is 9.93. The molecule has 2 aromatic rings. The van der Waals surface area contributed by atoms with Gasteiger partial charge in [-0.3, -0.25) is 14.4 Å². The molecule has 2 aliphatic heterocycles. The Morgan fingerprint density at radius 2 is 1.90 bits per heavy atom. The minimum absolute atomic E-state index is 0.120. The summed E-state index contributed by atoms with van der Waals surface area (Å²) in [4.78, 5) is 37.0. The summed E-state index contributed by atoms with van der Waals surface area (Å²) in [7, 11) is 1.56. The van der Waals surface area contributed by atoms with Crippen molar-refractivity contribution in [1.29, 1.82) is 0 Å². The Labute approximate surface area is 176 Å². The van der Waals surface area contributed by atoms with Gasteiger partial charge in [-0.25, -0.2) is 0 Å². The maximum absolute atomic E-state index is 12.6. The van der Waals surface area contributed by atoms with Crippen LogP contribution in [0.2, 0.25) is 0 Å². The van der Waals surface area contributed by atoms with E-state index in [1.165, 1.54) is 0 Å². The maximum Gasteiger partial charge on any atom is 0.291 e. The zero-order valence-corrected chi connectivity index (χ0v) is 16.9. The van der Waals surface area contributed by atoms with Crippen LogP contribution in [0.15, 0.2) is 48.2 Å². The van der Waals surface area contributed by atoms with Crippen molar-refractivity contribution in [2.45, 2.75) is 0 Å². The number of hydrogen-bond donors (Lipinski definition) is 1. The molecule has 0 aliphatic carbocycles. The van der Waals surface area contributed by atoms with Crippen molar-refractivity contribution >= 4 is 34.1 Å². The van der Waals surface area contributed by atoms with Crippen molar-refractivity contribution in [2.75, 3.05) is 27.0 Å². The number of rotatable bonds is 6. The quantitative estimate of drug-likeness (QED) is 0.710. The maximum atomic E-state index is 12.6. The summed E-state index contributed by atoms with van der Waals surface area (Å²) < 4.78 is 16.5. The van der Waals surface area contributed by atoms with Gasteiger partial charge in [-0.15, -0.1) is 0 Å². The molecule has 0 bridgehead atoms. The third kappa shape index (κ3) is 4.25. The van der Waals surface area contributed by atoms with E-state index in [0.29, 0.717) is 47.7 Å². The number of methoxy groups -OCH3 is 1. The molecular formula is C21H18N2O6S. The smallest absolute Gasteiger partial charge is 0.291 e. The summed E-state index contributed by atoms with van der Waals surface area (Å²) >= 11 is 0.643. The molecular weight excluding hydrogens is 408 g/mol. The van der Waals surface area contributed by atoms with Gasteiger partial charge in [-0.05, 0) is 35.9 Å². The van der Waals surface area contributed by atoms with Crippen LogP contribution in [0.1, 0.15) is 15.9 Å². The summed E-state index contributed by atoms with van der Waals surface area (Å²) in [5, 5.41) is 1.83. The minimum atomic E-state index is -0.371. The van der Waals surface area contributed by atoms with Gasteiger partial charge >= 0.3 is 0 Å². The third-order valence-electron chi connectivity index (χ3n) is 4.55. The normalized spacial score (nSPS) is 16.9. The molecule has 4 rings (SSSR count). The average Bonchev–Trinajstić information content (AvgIpc) is 3.07. The van der Waals surface area contributed by atoms with Crippen LogP contribution in [0.5, 0.6) is 17.2 Å². The molecule has 2 aromatic carbocycles. The molecule has 0 radical (unpaired) electrons. The number of hydrogen-bond acceptors (Lipinski definition) is 7. The van der Waals surface area contributed by atoms with Crippen LogP contribution in [0.25, 0.3) is 6.08 Å². The van der Waals surface area contributed by atoms with Gasteiger partial charge in [-0.1, -0.05) is 12.1 Å². The van der Waals surface area contributed by atoms with Gasteiger partial charge in [-0.2, -0.15) is 0 Å². The SMILES string of the molecule is COc1ccc2c(c1)OCN(CCOc1ccc(C=C3NC(=O)SC3=O)cc1)C2=O. The van der Waals surface area contributed by atoms with Gasteiger partial charge in [0, 0.05) is 17.8 Å². The van der Waals surface area contributed by atoms with E-state index in [-0.39, 0.29) is 28.7 Å². The molecule has 8 nitrogen and oxygen atoms in total. The lowest BCUT2D eigenvalue weighted by atomic mass is 10.1. The first-order valence-electron chi connectivity index (χ1n) is 9.11. The second kappa shape index (κ2) is 8.50. The van der Waals surface area contributed by atoms with E-state index in [2.05, 4.69) is 5.32 Å². The van der Waals surface area contributed by atoms with Gasteiger partial charge in [0.05, 0.1) is 24.9 Å². The number of amides is 2. The number of carbonyl (C=O) groups is 3. The summed E-state index contributed by atoms with van der Waals surface area (Å²) in [6.07, 6.45) is 1.61. The van der Waals surface area contributed by atoms with E-state index in [0.717, 1.165) is 5.56 Å². The fourth-order valence-corrected chi connectivity index (χ4v) is 3.54. The van der Waals surface area contributed by atoms with Crippen LogP contribution in [-0.4, -0.2) is 48.2 Å². The van der Waals surface area contributed by atoms with Gasteiger partial charge in [0.15, 0.2) is 6.73 Å². The Balaban J connectivity index is 1.31. The number of nitrogens with zero attached hydrogens (tertiary/aromatic N) is 1. The van der Waals surface area contributed by atoms with Crippen molar-refractivity contribution in [2.24, 2.45) is 0 Å². The molecule has 154 valence electrons. The van der Waals surface area contributed by atoms with E-state index in [9.17, 15) is 14.4 Å². The molecule has 30 heavy (non-hydrogen) atoms. The summed E-state index contributed by atoms with van der Waals surface area (Å²) in [5.41, 5.74) is 1.52. The molecule has 0 aromatic heterocycles. The lowest BCUT2D eigenvalue weighted by Gasteiger charge is -2.28. The fourth-order valence-electron chi connectivity index (χ4n) is 2.99. The first-order chi connectivity index (χ1) is 14.5. The van der Waals surface area contributed by atoms with Gasteiger partial charge in [0.1, 0.15) is 23.9 Å². The van der Waals surface area contributed by atoms with Crippen LogP contribution in [-0.2, 0) is 4.79 Å². The number of fused-ring (bicyclic) bond motifs is 1. The Kier molecular flexibility index (Phi) is 5.62. The molecule has 1 fully saturated rings. The highest BCUT2D eigenvalue weighted by Crippen LogP contribution is 2.29. The standard InChI is InChI=1S/C21H18N2O6S/c1-27-15-6-7-16-18(11-15)29-12-23(19(16)24)8-9-28-14-4-2-13(3-5-14)10-17-20(25)30-21(26)22-17/h2-7,10-11H,8-9,12H2,1H3,(H,22,26). The molecule has 9 heteroatoms. The molecule has 0 saturated carbocycles. The second-order valence-corrected chi connectivity index (χ2v) is 7.43. The molecule has 2 amide bonds. The van der Waals surface area contributed by atoms with Crippen LogP contribution in [0.4, 0.5) is 4.79 Å². The van der Waals surface area contributed by atoms with Gasteiger partial charge in [0.2, 0.25) is 5.12 Å². The zero-order chi connectivity index (χ0) is 21.1. The summed E-state index contributed by atoms with van der Waals surface area (Å²) in [5.74, 6) is 1.65. The number of thioether (sulfide) groups is 1. The average molecular weight is 426 g/mol. The van der Waals surface area contributed by atoms with Crippen LogP contribution in [0.3, 0.4) is 0 Å². The number of ether oxygens (including phenoxy) is 3. The van der Waals surface area contributed by atoms with Crippen LogP contribution < -0.4 is 19.5 Å². The lowest BCUT2D eigenvalue weighted by Crippen LogP contribution is -2.40. The number of nitrogens with one attached hydrogen (secondary N) is 1. The lowest BCUT2D eigenvalue weighted by molar-refractivity contribution is -0.107. The van der Waals surface area contributed by atoms with E-state index >= 15 is 0 Å². The van der Waals surface area contributed by atoms with Crippen LogP contribution >= 0.6 is 11.8 Å². The topological polar surface area (TPSA) is 94.2 Å². The first kappa shape index (κ1) is 19.8. The monoisotopic (exact) mass is 426 g/mol. The third-order valence-corrected chi connectivity index (χ3v) is 5.24. The largest absolute Gasteiger partial charge is 0.497 e. The molecule has 1 saturated heterocycles. The predicted octanol–water partition coefficient (Wildman–Crippen LogP) is 2.89. The molecule has 0 atom stereocenters. The Bertz CT molecular complexity index is 1030. The Hall–Kier alpha value is -3.46. The zero-order valence-electron chi connectivity index (χ0n) is 16.0. The van der Waals surface area contributed by atoms with E-state index in [1.54, 1.807) is 60.6 Å². The van der Waals surface area contributed by atoms with Gasteiger partial charge < -0.3 is 24.4 Å². The number of benzene rings is 2. The summed E-state index contributed by atoms with van der Waals surface area (Å²) in [6, 6.07) is 12.2. The van der Waals surface area contributed by atoms with Crippen LogP contribution in [0, 0.1) is 0 Å². The highest BCUT2D eigenvalue weighted by molar-refractivity contribution is 8.27. The molecule has 1 N–H and O–H groups in total. The highest BCUT2D eigenvalue weighted by atomic mass is 32.2. The van der Waals surface area contributed by atoms with Crippen molar-refractivity contribution < 1.29 is 28.6 Å². The van der Waals surface area contributed by atoms with Crippen molar-refractivity contribution in [3.8, 4) is 17.2 Å². The molecule has 0 unspecified atom stereocenters. The van der Waals surface area contributed by atoms with Crippen molar-refractivity contribution in [3.63, 3.8) is 0 Å². The molecule has 2 heterocycles. The Morgan fingerprint density at radius 1 is 1.13 bits per heavy atom. The second-order valence-electron chi connectivity index (χ2n) is 6.48. The molecule has 2 aliphatic rings. The van der Waals surface area contributed by atoms with Crippen molar-refractivity contribution in [1.82, 2.24) is 10.2 Å². The van der Waals surface area contributed by atoms with E-state index in [4.69, 9.17) is 14.2 Å². The fraction of sp³-hybridized carbons (Fsp3) is 0.190. The van der Waals surface area contributed by atoms with Gasteiger partial charge in [0.25, 0.3) is 11.1 Å². The predicted molar refractivity (Wildman–Crippen MR) is 111 cm³/mol. The van der Waals surface area contributed by atoms with E-state index in [1.807, 2.05) is 0 Å². The Morgan fingerprint density at radius 3 is 2.60 bits per heavy atom.